The third kappa shape index (κ3) is 7.93. The van der Waals surface area contributed by atoms with E-state index < -0.39 is 29.7 Å². The molecule has 1 aromatic carbocycles. The van der Waals surface area contributed by atoms with E-state index in [2.05, 4.69) is 49.1 Å². The molecule has 2 atom stereocenters. The molecule has 8 heterocycles. The van der Waals surface area contributed by atoms with Crippen molar-refractivity contribution in [3.63, 3.8) is 0 Å². The molecule has 324 valence electrons. The summed E-state index contributed by atoms with van der Waals surface area (Å²) in [5.74, 6) is -0.0256. The van der Waals surface area contributed by atoms with Gasteiger partial charge in [0.15, 0.2) is 5.82 Å². The number of hydrogen-bond acceptors (Lipinski definition) is 14. The topological polar surface area (TPSA) is 183 Å². The number of carbonyl (C=O) groups is 5. The molecule has 0 saturated carbocycles. The van der Waals surface area contributed by atoms with E-state index in [0.29, 0.717) is 68.3 Å². The maximum absolute atomic E-state index is 14.1. The summed E-state index contributed by atoms with van der Waals surface area (Å²) in [5, 5.41) is 10.6. The first-order chi connectivity index (χ1) is 30.1. The molecule has 5 aliphatic rings. The number of imide groups is 2. The maximum atomic E-state index is 14.1. The molecule has 1 unspecified atom stereocenters. The molecule has 0 aliphatic carbocycles. The molecule has 0 bridgehead atoms. The van der Waals surface area contributed by atoms with Crippen LogP contribution in [0.25, 0.3) is 11.5 Å². The molecule has 1 N–H and O–H groups in total. The molecule has 5 amide bonds. The van der Waals surface area contributed by atoms with E-state index in [1.807, 2.05) is 41.8 Å². The van der Waals surface area contributed by atoms with Crippen molar-refractivity contribution in [2.24, 2.45) is 0 Å². The normalized spacial score (nSPS) is 20.5. The minimum Gasteiger partial charge on any atom is -0.379 e. The summed E-state index contributed by atoms with van der Waals surface area (Å²) in [7, 11) is 2.06. The lowest BCUT2D eigenvalue weighted by molar-refractivity contribution is -0.136. The maximum Gasteiger partial charge on any atom is 0.262 e. The highest BCUT2D eigenvalue weighted by molar-refractivity contribution is 6.23. The second kappa shape index (κ2) is 17.3. The summed E-state index contributed by atoms with van der Waals surface area (Å²) in [6, 6.07) is 12.3. The lowest BCUT2D eigenvalue weighted by Crippen LogP contribution is -2.54. The first kappa shape index (κ1) is 41.3. The predicted molar refractivity (Wildman–Crippen MR) is 229 cm³/mol. The highest BCUT2D eigenvalue weighted by Crippen LogP contribution is 2.35. The molecule has 3 saturated heterocycles. The van der Waals surface area contributed by atoms with Crippen LogP contribution in [0.2, 0.25) is 0 Å². The van der Waals surface area contributed by atoms with Crippen LogP contribution in [0, 0.1) is 0 Å². The van der Waals surface area contributed by atoms with Gasteiger partial charge in [0.2, 0.25) is 11.8 Å². The van der Waals surface area contributed by atoms with Crippen LogP contribution in [0.5, 0.6) is 0 Å². The van der Waals surface area contributed by atoms with E-state index in [0.717, 1.165) is 79.8 Å². The zero-order valence-corrected chi connectivity index (χ0v) is 35.5. The van der Waals surface area contributed by atoms with Crippen molar-refractivity contribution >= 4 is 46.9 Å². The Balaban J connectivity index is 0.775. The van der Waals surface area contributed by atoms with Gasteiger partial charge in [-0.2, -0.15) is 0 Å². The van der Waals surface area contributed by atoms with Crippen LogP contribution in [0.4, 0.5) is 17.3 Å². The van der Waals surface area contributed by atoms with Gasteiger partial charge in [-0.15, -0.1) is 10.2 Å². The minimum atomic E-state index is -0.985. The molecule has 5 aliphatic heterocycles. The number of benzene rings is 1. The van der Waals surface area contributed by atoms with Gasteiger partial charge in [0.1, 0.15) is 29.7 Å². The number of pyridine rings is 2. The molecule has 18 heteroatoms. The first-order valence-electron chi connectivity index (χ1n) is 21.6. The average molecular weight is 845 g/mol. The van der Waals surface area contributed by atoms with Crippen molar-refractivity contribution in [1.29, 1.82) is 0 Å². The second-order valence-electron chi connectivity index (χ2n) is 16.7. The molecule has 3 fully saturated rings. The number of piperidine rings is 1. The van der Waals surface area contributed by atoms with Gasteiger partial charge in [0.25, 0.3) is 17.7 Å². The van der Waals surface area contributed by atoms with Crippen LogP contribution in [-0.2, 0) is 34.0 Å². The number of ether oxygens (including phenoxy) is 1. The van der Waals surface area contributed by atoms with Crippen molar-refractivity contribution in [3.8, 4) is 11.5 Å². The second-order valence-corrected chi connectivity index (χ2v) is 16.7. The average Bonchev–Trinajstić information content (AvgIpc) is 4.07. The van der Waals surface area contributed by atoms with Gasteiger partial charge >= 0.3 is 0 Å². The minimum absolute atomic E-state index is 0.0811. The van der Waals surface area contributed by atoms with Crippen molar-refractivity contribution < 1.29 is 28.7 Å². The van der Waals surface area contributed by atoms with Gasteiger partial charge in [-0.3, -0.25) is 48.9 Å². The Morgan fingerprint density at radius 1 is 0.871 bits per heavy atom. The summed E-state index contributed by atoms with van der Waals surface area (Å²) in [6.07, 6.45) is 4.08. The molecule has 9 rings (SSSR count). The van der Waals surface area contributed by atoms with E-state index in [-0.39, 0.29) is 29.9 Å². The number of nitrogens with zero attached hydrogens (tertiary/aromatic N) is 11. The fourth-order valence-electron chi connectivity index (χ4n) is 9.21. The lowest BCUT2D eigenvalue weighted by Gasteiger charge is -2.36. The Morgan fingerprint density at radius 2 is 1.69 bits per heavy atom. The van der Waals surface area contributed by atoms with E-state index in [4.69, 9.17) is 14.7 Å². The summed E-state index contributed by atoms with van der Waals surface area (Å²) >= 11 is 0. The number of aryl methyl sites for hydroxylation is 1. The van der Waals surface area contributed by atoms with Crippen LogP contribution in [0.15, 0.2) is 48.8 Å². The molecular formula is C44H52N12O6. The van der Waals surface area contributed by atoms with Crippen molar-refractivity contribution in [2.45, 2.75) is 71.2 Å². The largest absolute Gasteiger partial charge is 0.379 e. The molecule has 3 aromatic heterocycles. The highest BCUT2D eigenvalue weighted by atomic mass is 16.5. The number of aromatic nitrogens is 5. The van der Waals surface area contributed by atoms with Crippen molar-refractivity contribution in [1.82, 2.24) is 44.7 Å². The summed E-state index contributed by atoms with van der Waals surface area (Å²) in [6.45, 7) is 12.5. The molecule has 0 radical (unpaired) electrons. The standard InChI is InChI=1S/C44H52N12O6/c1-4-52-27-45-49-40(52)34-8-5-9-37(46-34)55-25-33-32(42(55)59)24-38(54-14-6-7-28(54)2)47-35(33)26-50(3)19-21-62-22-20-51-15-17-53(18-16-51)29-10-11-30-31(23-29)44(61)56(43(30)60)36-12-13-39(57)48-41(36)58/h5,8-11,23-24,27-28,36H,4,6-7,12-22,25-26H2,1-3H3,(H,48,57,58)/t28-,36?/m1/s1. The molecule has 0 spiro atoms. The van der Waals surface area contributed by atoms with E-state index in [1.165, 1.54) is 0 Å². The van der Waals surface area contributed by atoms with Gasteiger partial charge in [-0.25, -0.2) is 9.97 Å². The molecule has 62 heavy (non-hydrogen) atoms. The number of hydrogen-bond donors (Lipinski definition) is 1. The lowest BCUT2D eigenvalue weighted by atomic mass is 10.0. The van der Waals surface area contributed by atoms with Crippen LogP contribution in [0.3, 0.4) is 0 Å². The van der Waals surface area contributed by atoms with Gasteiger partial charge in [-0.1, -0.05) is 6.07 Å². The molecular weight excluding hydrogens is 793 g/mol. The number of anilines is 3. The quantitative estimate of drug-likeness (QED) is 0.144. The van der Waals surface area contributed by atoms with Crippen LogP contribution in [0.1, 0.15) is 81.9 Å². The fourth-order valence-corrected chi connectivity index (χ4v) is 9.21. The highest BCUT2D eigenvalue weighted by Gasteiger charge is 2.45. The molecule has 4 aromatic rings. The smallest absolute Gasteiger partial charge is 0.262 e. The number of fused-ring (bicyclic) bond motifs is 2. The predicted octanol–water partition coefficient (Wildman–Crippen LogP) is 2.58. The fraction of sp³-hybridized carbons (Fsp3) is 0.477. The molecule has 18 nitrogen and oxygen atoms in total. The van der Waals surface area contributed by atoms with Crippen LogP contribution >= 0.6 is 0 Å². The zero-order chi connectivity index (χ0) is 43.1. The third-order valence-corrected chi connectivity index (χ3v) is 12.8. The van der Waals surface area contributed by atoms with Crippen molar-refractivity contribution in [3.05, 3.63) is 76.7 Å². The zero-order valence-electron chi connectivity index (χ0n) is 35.5. The number of nitrogens with one attached hydrogen (secondary N) is 1. The van der Waals surface area contributed by atoms with E-state index >= 15 is 0 Å². The summed E-state index contributed by atoms with van der Waals surface area (Å²) in [5.41, 5.74) is 4.57. The van der Waals surface area contributed by atoms with E-state index in [1.54, 1.807) is 23.4 Å². The van der Waals surface area contributed by atoms with Crippen molar-refractivity contribution in [2.75, 3.05) is 80.8 Å². The number of piperazine rings is 1. The summed E-state index contributed by atoms with van der Waals surface area (Å²) in [4.78, 5) is 86.6. The SMILES string of the molecule is CCn1cnnc1-c1cccc(N2Cc3c(cc(N4CCC[C@H]4C)nc3CN(C)CCOCCN3CCN(c4ccc5c(c4)C(=O)N(C4CCC(=O)NC4=O)C5=O)CC3)C2=O)n1. The Bertz CT molecular complexity index is 2410. The van der Waals surface area contributed by atoms with E-state index in [9.17, 15) is 24.0 Å². The Labute approximate surface area is 359 Å². The third-order valence-electron chi connectivity index (χ3n) is 12.8. The monoisotopic (exact) mass is 844 g/mol. The number of rotatable bonds is 14. The first-order valence-corrected chi connectivity index (χ1v) is 21.6. The Kier molecular flexibility index (Phi) is 11.5. The van der Waals surface area contributed by atoms with Gasteiger partial charge in [-0.05, 0) is 76.6 Å². The Morgan fingerprint density at radius 3 is 2.47 bits per heavy atom. The van der Waals surface area contributed by atoms with Gasteiger partial charge in [0, 0.05) is 82.6 Å². The number of carbonyl (C=O) groups excluding carboxylic acids is 5. The van der Waals surface area contributed by atoms with Crippen LogP contribution < -0.4 is 20.0 Å². The Hall–Kier alpha value is -6.11. The number of likely N-dealkylation sites (N-methyl/N-ethyl adjacent to an activating group) is 1. The van der Waals surface area contributed by atoms with Gasteiger partial charge in [0.05, 0.1) is 42.1 Å². The summed E-state index contributed by atoms with van der Waals surface area (Å²) < 4.78 is 8.06. The number of amides is 5. The van der Waals surface area contributed by atoms with Gasteiger partial charge < -0.3 is 19.1 Å². The van der Waals surface area contributed by atoms with Crippen LogP contribution in [-0.4, -0.2) is 147 Å².